The minimum absolute atomic E-state index is 0. The predicted molar refractivity (Wildman–Crippen MR) is 156 cm³/mol. The maximum Gasteiger partial charge on any atom is 0.337 e. The zero-order chi connectivity index (χ0) is 33.1. The molecule has 4 atom stereocenters. The number of hydrogen-bond donors (Lipinski definition) is 8. The minimum Gasteiger partial charge on any atom is -0.479 e. The van der Waals surface area contributed by atoms with Crippen LogP contribution in [0, 0.1) is 0 Å². The first-order valence-electron chi connectivity index (χ1n) is 12.7. The molecular weight excluding hydrogens is 782 g/mol. The molecule has 4 rings (SSSR count). The molecule has 0 saturated heterocycles. The van der Waals surface area contributed by atoms with Crippen LogP contribution in [0.15, 0.2) is 121 Å². The van der Waals surface area contributed by atoms with Gasteiger partial charge in [-0.25, -0.2) is 19.2 Å². The van der Waals surface area contributed by atoms with Crippen molar-refractivity contribution in [3.05, 3.63) is 144 Å². The van der Waals surface area contributed by atoms with E-state index in [1.54, 1.807) is 121 Å². The second-order valence-corrected chi connectivity index (χ2v) is 8.61. The van der Waals surface area contributed by atoms with Crippen LogP contribution in [0.25, 0.3) is 0 Å². The van der Waals surface area contributed by atoms with Crippen LogP contribution in [0.3, 0.4) is 0 Å². The SMILES string of the molecule is O=C(O)C(O)c1ccccc1.O=C(O)C(O)c1ccccc1.O=C(O)C(O)c1ccccc1.O=C(O)C(O)c1ccccc1.[Rh].[Rh]. The maximum absolute atomic E-state index is 10.2. The molecule has 0 aliphatic carbocycles. The van der Waals surface area contributed by atoms with Crippen molar-refractivity contribution in [1.82, 2.24) is 0 Å². The number of benzene rings is 4. The number of carbonyl (C=O) groups is 4. The van der Waals surface area contributed by atoms with Gasteiger partial charge in [-0.3, -0.25) is 0 Å². The van der Waals surface area contributed by atoms with Gasteiger partial charge < -0.3 is 40.9 Å². The molecule has 2 radical (unpaired) electrons. The minimum atomic E-state index is -1.41. The van der Waals surface area contributed by atoms with Crippen LogP contribution >= 0.6 is 0 Å². The summed E-state index contributed by atoms with van der Waals surface area (Å²) in [6.07, 6.45) is -5.63. The van der Waals surface area contributed by atoms with Gasteiger partial charge in [0.2, 0.25) is 0 Å². The molecule has 0 aliphatic heterocycles. The molecule has 0 fully saturated rings. The van der Waals surface area contributed by atoms with E-state index in [0.717, 1.165) is 0 Å². The molecule has 0 saturated carbocycles. The number of carboxylic acid groups (broad SMARTS) is 4. The van der Waals surface area contributed by atoms with E-state index >= 15 is 0 Å². The van der Waals surface area contributed by atoms with Crippen LogP contribution in [0.4, 0.5) is 0 Å². The molecule has 4 unspecified atom stereocenters. The third-order valence-corrected chi connectivity index (χ3v) is 5.40. The fourth-order valence-corrected chi connectivity index (χ4v) is 3.11. The second kappa shape index (κ2) is 24.1. The maximum atomic E-state index is 10.2. The Morgan fingerprint density at radius 1 is 0.326 bits per heavy atom. The zero-order valence-electron chi connectivity index (χ0n) is 23.7. The first-order valence-corrected chi connectivity index (χ1v) is 12.7. The summed E-state index contributed by atoms with van der Waals surface area (Å²) in [5.74, 6) is -4.90. The Labute approximate surface area is 289 Å². The predicted octanol–water partition coefficient (Wildman–Crippen LogP) is 3.21. The van der Waals surface area contributed by atoms with Crippen molar-refractivity contribution >= 4 is 23.9 Å². The van der Waals surface area contributed by atoms with Crippen LogP contribution in [-0.4, -0.2) is 64.7 Å². The first-order chi connectivity index (χ1) is 20.9. The summed E-state index contributed by atoms with van der Waals surface area (Å²) in [6, 6.07) is 33.1. The number of aliphatic hydroxyl groups is 4. The third-order valence-electron chi connectivity index (χ3n) is 5.40. The van der Waals surface area contributed by atoms with Gasteiger partial charge in [0.05, 0.1) is 0 Å². The van der Waals surface area contributed by atoms with E-state index in [0.29, 0.717) is 22.3 Å². The van der Waals surface area contributed by atoms with Crippen LogP contribution in [0.2, 0.25) is 0 Å². The number of aliphatic carboxylic acids is 4. The molecule has 4 aromatic carbocycles. The molecule has 4 aromatic rings. The topological polar surface area (TPSA) is 230 Å². The summed E-state index contributed by atoms with van der Waals surface area (Å²) in [7, 11) is 0. The van der Waals surface area contributed by atoms with Crippen molar-refractivity contribution in [2.24, 2.45) is 0 Å². The van der Waals surface area contributed by atoms with Gasteiger partial charge in [0.15, 0.2) is 24.4 Å². The van der Waals surface area contributed by atoms with Gasteiger partial charge in [0.1, 0.15) is 0 Å². The molecule has 0 heterocycles. The van der Waals surface area contributed by atoms with Crippen molar-refractivity contribution in [3.8, 4) is 0 Å². The number of hydrogen-bond acceptors (Lipinski definition) is 8. The average molecular weight is 814 g/mol. The van der Waals surface area contributed by atoms with Gasteiger partial charge in [-0.05, 0) is 22.3 Å². The Bertz CT molecular complexity index is 1200. The van der Waals surface area contributed by atoms with E-state index in [1.807, 2.05) is 0 Å². The summed E-state index contributed by atoms with van der Waals surface area (Å²) in [6.45, 7) is 0. The Kier molecular flexibility index (Phi) is 23.1. The van der Waals surface area contributed by atoms with Crippen LogP contribution in [0.1, 0.15) is 46.7 Å². The number of carboxylic acids is 4. The molecule has 8 N–H and O–H groups in total. The molecule has 250 valence electrons. The standard InChI is InChI=1S/4C8H8O3.2Rh/c4*9-7(8(10)11)6-4-2-1-3-5-6;;/h4*1-5,7,9H,(H,10,11);;. The van der Waals surface area contributed by atoms with Crippen LogP contribution < -0.4 is 0 Å². The molecule has 46 heavy (non-hydrogen) atoms. The molecule has 0 amide bonds. The molecule has 14 heteroatoms. The van der Waals surface area contributed by atoms with Crippen molar-refractivity contribution in [3.63, 3.8) is 0 Å². The Morgan fingerprint density at radius 3 is 0.565 bits per heavy atom. The van der Waals surface area contributed by atoms with E-state index in [-0.39, 0.29) is 39.0 Å². The third kappa shape index (κ3) is 16.8. The van der Waals surface area contributed by atoms with E-state index in [2.05, 4.69) is 0 Å². The van der Waals surface area contributed by atoms with Gasteiger partial charge in [0.25, 0.3) is 0 Å². The Hall–Kier alpha value is -4.15. The molecule has 12 nitrogen and oxygen atoms in total. The second-order valence-electron chi connectivity index (χ2n) is 8.61. The van der Waals surface area contributed by atoms with Crippen LogP contribution in [-0.2, 0) is 58.1 Å². The van der Waals surface area contributed by atoms with E-state index in [9.17, 15) is 19.2 Å². The van der Waals surface area contributed by atoms with Crippen molar-refractivity contribution in [2.75, 3.05) is 0 Å². The van der Waals surface area contributed by atoms with Crippen molar-refractivity contribution in [1.29, 1.82) is 0 Å². The summed E-state index contributed by atoms with van der Waals surface area (Å²) >= 11 is 0. The smallest absolute Gasteiger partial charge is 0.337 e. The Morgan fingerprint density at radius 2 is 0.457 bits per heavy atom. The van der Waals surface area contributed by atoms with E-state index in [4.69, 9.17) is 40.9 Å². The fourth-order valence-electron chi connectivity index (χ4n) is 3.11. The van der Waals surface area contributed by atoms with Crippen molar-refractivity contribution < 1.29 is 99.0 Å². The van der Waals surface area contributed by atoms with Gasteiger partial charge in [-0.2, -0.15) is 0 Å². The normalized spacial score (nSPS) is 11.9. The molecular formula is C32H32O12Rh2. The van der Waals surface area contributed by atoms with Gasteiger partial charge in [-0.1, -0.05) is 121 Å². The van der Waals surface area contributed by atoms with Gasteiger partial charge >= 0.3 is 23.9 Å². The van der Waals surface area contributed by atoms with Gasteiger partial charge in [-0.15, -0.1) is 0 Å². The quantitative estimate of drug-likeness (QED) is 0.120. The summed E-state index contributed by atoms with van der Waals surface area (Å²) < 4.78 is 0. The summed E-state index contributed by atoms with van der Waals surface area (Å²) in [4.78, 5) is 41.0. The Balaban J connectivity index is 0. The molecule has 0 bridgehead atoms. The number of aliphatic hydroxyl groups excluding tert-OH is 4. The van der Waals surface area contributed by atoms with Gasteiger partial charge in [0, 0.05) is 39.0 Å². The number of rotatable bonds is 8. The first kappa shape index (κ1) is 44.0. The zero-order valence-corrected chi connectivity index (χ0v) is 27.0. The van der Waals surface area contributed by atoms with E-state index < -0.39 is 48.3 Å². The van der Waals surface area contributed by atoms with Crippen molar-refractivity contribution in [2.45, 2.75) is 24.4 Å². The molecule has 0 aromatic heterocycles. The average Bonchev–Trinajstić information content (AvgIpc) is 3.05. The monoisotopic (exact) mass is 814 g/mol. The summed E-state index contributed by atoms with van der Waals surface area (Å²) in [5.41, 5.74) is 1.61. The fraction of sp³-hybridized carbons (Fsp3) is 0.125. The molecule has 0 aliphatic rings. The van der Waals surface area contributed by atoms with Crippen LogP contribution in [0.5, 0.6) is 0 Å². The molecule has 0 spiro atoms. The van der Waals surface area contributed by atoms with E-state index in [1.165, 1.54) is 0 Å². The summed E-state index contributed by atoms with van der Waals surface area (Å²) in [5, 5.41) is 69.5. The largest absolute Gasteiger partial charge is 0.479 e.